The predicted molar refractivity (Wildman–Crippen MR) is 131 cm³/mol. The predicted octanol–water partition coefficient (Wildman–Crippen LogP) is 4.81. The summed E-state index contributed by atoms with van der Waals surface area (Å²) in [6.07, 6.45) is 4.87. The second-order valence-electron chi connectivity index (χ2n) is 8.08. The zero-order chi connectivity index (χ0) is 24.6. The number of pyridine rings is 1. The Balaban J connectivity index is 1.56. The van der Waals surface area contributed by atoms with Gasteiger partial charge in [-0.3, -0.25) is 14.7 Å². The van der Waals surface area contributed by atoms with Gasteiger partial charge in [0.2, 0.25) is 5.91 Å². The van der Waals surface area contributed by atoms with Gasteiger partial charge in [0.15, 0.2) is 10.9 Å². The summed E-state index contributed by atoms with van der Waals surface area (Å²) in [6.45, 7) is 0.275. The Morgan fingerprint density at radius 3 is 2.80 bits per heavy atom. The topological polar surface area (TPSA) is 83.5 Å². The minimum Gasteiger partial charge on any atom is -0.282 e. The molecule has 182 valence electrons. The second-order valence-corrected chi connectivity index (χ2v) is 12.2. The molecular weight excluding hydrogens is 514 g/mol. The van der Waals surface area contributed by atoms with Gasteiger partial charge in [-0.1, -0.05) is 29.9 Å². The molecule has 0 spiro atoms. The molecule has 4 heterocycles. The fourth-order valence-corrected chi connectivity index (χ4v) is 7.90. The van der Waals surface area contributed by atoms with Gasteiger partial charge in [0.1, 0.15) is 21.6 Å². The molecule has 1 amide bonds. The molecule has 12 heteroatoms. The molecule has 1 saturated heterocycles. The SMILES string of the molecule is O=C(C1CCCCN1S(=O)(=O)c1cccs1)N(Cc1cccnc1)c1nc2c(F)cc(F)cc2s1. The number of rotatable bonds is 6. The van der Waals surface area contributed by atoms with Crippen molar-refractivity contribution in [3.05, 3.63) is 71.4 Å². The Bertz CT molecular complexity index is 1460. The van der Waals surface area contributed by atoms with Gasteiger partial charge in [-0.15, -0.1) is 11.3 Å². The average molecular weight is 535 g/mol. The Hall–Kier alpha value is -2.80. The van der Waals surface area contributed by atoms with Gasteiger partial charge in [-0.05, 0) is 42.0 Å². The lowest BCUT2D eigenvalue weighted by atomic mass is 10.0. The third-order valence-electron chi connectivity index (χ3n) is 5.76. The number of anilines is 1. The van der Waals surface area contributed by atoms with Crippen molar-refractivity contribution in [2.75, 3.05) is 11.4 Å². The van der Waals surface area contributed by atoms with E-state index in [4.69, 9.17) is 0 Å². The molecule has 4 aromatic rings. The van der Waals surface area contributed by atoms with Gasteiger partial charge in [0.05, 0.1) is 11.2 Å². The van der Waals surface area contributed by atoms with Crippen molar-refractivity contribution in [1.29, 1.82) is 0 Å². The third-order valence-corrected chi connectivity index (χ3v) is 10.1. The molecule has 1 aliphatic rings. The molecule has 0 aliphatic carbocycles. The van der Waals surface area contributed by atoms with E-state index in [9.17, 15) is 22.0 Å². The molecule has 1 aromatic carbocycles. The molecule has 1 fully saturated rings. The molecule has 1 unspecified atom stereocenters. The maximum Gasteiger partial charge on any atom is 0.253 e. The van der Waals surface area contributed by atoms with E-state index in [0.717, 1.165) is 28.7 Å². The van der Waals surface area contributed by atoms with Gasteiger partial charge >= 0.3 is 0 Å². The van der Waals surface area contributed by atoms with Gasteiger partial charge in [-0.2, -0.15) is 4.31 Å². The van der Waals surface area contributed by atoms with E-state index in [1.807, 2.05) is 0 Å². The highest BCUT2D eigenvalue weighted by Gasteiger charge is 2.41. The minimum absolute atomic E-state index is 0.0397. The summed E-state index contributed by atoms with van der Waals surface area (Å²) in [5, 5.41) is 1.84. The summed E-state index contributed by atoms with van der Waals surface area (Å²) in [6, 6.07) is 7.65. The minimum atomic E-state index is -3.87. The standard InChI is InChI=1S/C23H20F2N4O3S3/c24-16-11-17(25)21-19(12-16)34-23(27-21)28(14-15-5-3-8-26-13-15)22(30)18-6-1-2-9-29(18)35(31,32)20-7-4-10-33-20/h3-5,7-8,10-13,18H,1-2,6,9,14H2. The molecule has 1 aliphatic heterocycles. The van der Waals surface area contributed by atoms with Crippen LogP contribution >= 0.6 is 22.7 Å². The smallest absolute Gasteiger partial charge is 0.253 e. The number of thiazole rings is 1. The van der Waals surface area contributed by atoms with Gasteiger partial charge in [0, 0.05) is 25.0 Å². The summed E-state index contributed by atoms with van der Waals surface area (Å²) in [5.41, 5.74) is 0.650. The van der Waals surface area contributed by atoms with E-state index < -0.39 is 33.6 Å². The highest BCUT2D eigenvalue weighted by molar-refractivity contribution is 7.91. The summed E-state index contributed by atoms with van der Waals surface area (Å²) >= 11 is 2.08. The highest BCUT2D eigenvalue weighted by atomic mass is 32.2. The maximum absolute atomic E-state index is 14.4. The molecule has 3 aromatic heterocycles. The number of halogens is 2. The normalized spacial score (nSPS) is 17.0. The number of piperidine rings is 1. The van der Waals surface area contributed by atoms with Crippen molar-refractivity contribution in [1.82, 2.24) is 14.3 Å². The number of aromatic nitrogens is 2. The van der Waals surface area contributed by atoms with Crippen molar-refractivity contribution in [3.63, 3.8) is 0 Å². The highest BCUT2D eigenvalue weighted by Crippen LogP contribution is 2.35. The number of fused-ring (bicyclic) bond motifs is 1. The van der Waals surface area contributed by atoms with Crippen LogP contribution in [0.5, 0.6) is 0 Å². The Morgan fingerprint density at radius 2 is 2.06 bits per heavy atom. The number of amides is 1. The number of hydrogen-bond acceptors (Lipinski definition) is 7. The van der Waals surface area contributed by atoms with Crippen LogP contribution in [0.4, 0.5) is 13.9 Å². The summed E-state index contributed by atoms with van der Waals surface area (Å²) < 4.78 is 56.6. The Morgan fingerprint density at radius 1 is 1.20 bits per heavy atom. The number of hydrogen-bond donors (Lipinski definition) is 0. The van der Waals surface area contributed by atoms with Crippen LogP contribution < -0.4 is 4.90 Å². The van der Waals surface area contributed by atoms with E-state index in [1.54, 1.807) is 36.0 Å². The fourth-order valence-electron chi connectivity index (χ4n) is 4.12. The van der Waals surface area contributed by atoms with Crippen molar-refractivity contribution in [2.45, 2.75) is 36.1 Å². The van der Waals surface area contributed by atoms with E-state index in [0.29, 0.717) is 24.8 Å². The molecule has 35 heavy (non-hydrogen) atoms. The van der Waals surface area contributed by atoms with Crippen molar-refractivity contribution >= 4 is 54.0 Å². The number of carbonyl (C=O) groups is 1. The molecule has 0 N–H and O–H groups in total. The maximum atomic E-state index is 14.4. The fraction of sp³-hybridized carbons (Fsp3) is 0.261. The van der Waals surface area contributed by atoms with Crippen LogP contribution in [0.1, 0.15) is 24.8 Å². The van der Waals surface area contributed by atoms with Gasteiger partial charge in [0.25, 0.3) is 10.0 Å². The van der Waals surface area contributed by atoms with Crippen molar-refractivity contribution < 1.29 is 22.0 Å². The van der Waals surface area contributed by atoms with Crippen LogP contribution in [0.3, 0.4) is 0 Å². The first-order chi connectivity index (χ1) is 16.8. The molecule has 0 saturated carbocycles. The first-order valence-electron chi connectivity index (χ1n) is 10.9. The largest absolute Gasteiger partial charge is 0.282 e. The molecule has 7 nitrogen and oxygen atoms in total. The van der Waals surface area contributed by atoms with E-state index in [-0.39, 0.29) is 32.6 Å². The van der Waals surface area contributed by atoms with Crippen molar-refractivity contribution in [2.24, 2.45) is 0 Å². The van der Waals surface area contributed by atoms with Crippen LogP contribution in [-0.4, -0.2) is 41.2 Å². The lowest BCUT2D eigenvalue weighted by molar-refractivity contribution is -0.123. The van der Waals surface area contributed by atoms with E-state index in [2.05, 4.69) is 9.97 Å². The monoisotopic (exact) mass is 534 g/mol. The second kappa shape index (κ2) is 9.69. The zero-order valence-electron chi connectivity index (χ0n) is 18.3. The molecule has 5 rings (SSSR count). The first kappa shape index (κ1) is 23.9. The molecule has 0 bridgehead atoms. The summed E-state index contributed by atoms with van der Waals surface area (Å²) in [5.74, 6) is -2.03. The number of carbonyl (C=O) groups excluding carboxylic acids is 1. The third kappa shape index (κ3) is 4.70. The van der Waals surface area contributed by atoms with E-state index in [1.165, 1.54) is 21.3 Å². The zero-order valence-corrected chi connectivity index (χ0v) is 20.8. The van der Waals surface area contributed by atoms with Crippen LogP contribution in [0.15, 0.2) is 58.4 Å². The van der Waals surface area contributed by atoms with Crippen LogP contribution in [-0.2, 0) is 21.4 Å². The molecule has 0 radical (unpaired) electrons. The molecule has 1 atom stereocenters. The quantitative estimate of drug-likeness (QED) is 0.355. The number of nitrogens with zero attached hydrogens (tertiary/aromatic N) is 4. The first-order valence-corrected chi connectivity index (χ1v) is 14.0. The van der Waals surface area contributed by atoms with Crippen LogP contribution in [0.25, 0.3) is 10.2 Å². The van der Waals surface area contributed by atoms with Crippen LogP contribution in [0.2, 0.25) is 0 Å². The average Bonchev–Trinajstić information content (AvgIpc) is 3.54. The number of sulfonamides is 1. The van der Waals surface area contributed by atoms with Crippen molar-refractivity contribution in [3.8, 4) is 0 Å². The Kier molecular flexibility index (Phi) is 6.62. The van der Waals surface area contributed by atoms with E-state index >= 15 is 0 Å². The summed E-state index contributed by atoms with van der Waals surface area (Å²) in [4.78, 5) is 23.7. The number of benzene rings is 1. The lowest BCUT2D eigenvalue weighted by Crippen LogP contribution is -2.52. The van der Waals surface area contributed by atoms with Gasteiger partial charge in [-0.25, -0.2) is 22.2 Å². The summed E-state index contributed by atoms with van der Waals surface area (Å²) in [7, 11) is -3.87. The van der Waals surface area contributed by atoms with Crippen LogP contribution in [0, 0.1) is 11.6 Å². The van der Waals surface area contributed by atoms with Gasteiger partial charge < -0.3 is 0 Å². The lowest BCUT2D eigenvalue weighted by Gasteiger charge is -2.35. The molecular formula is C23H20F2N4O3S3. The Labute approximate surface area is 208 Å². The number of thiophene rings is 1.